The second kappa shape index (κ2) is 6.00. The SMILES string of the molecule is O=NC1CCN(c2c(F)c(O)c3c(=O)c(C(=O)O)cn(C4CC4)c3c2F)C1. The van der Waals surface area contributed by atoms with Crippen LogP contribution in [-0.4, -0.2) is 39.9 Å². The average Bonchev–Trinajstić information content (AvgIpc) is 3.37. The molecule has 0 bridgehead atoms. The van der Waals surface area contributed by atoms with Gasteiger partial charge in [0.1, 0.15) is 17.3 Å². The molecular formula is C17H15F2N3O5. The number of anilines is 1. The molecule has 0 spiro atoms. The van der Waals surface area contributed by atoms with Gasteiger partial charge in [0, 0.05) is 25.3 Å². The summed E-state index contributed by atoms with van der Waals surface area (Å²) >= 11 is 0. The number of halogens is 2. The van der Waals surface area contributed by atoms with Gasteiger partial charge in [0.15, 0.2) is 17.4 Å². The number of hydrogen-bond donors (Lipinski definition) is 2. The number of nitroso groups, excluding NO2 is 1. The third-order valence-corrected chi connectivity index (χ3v) is 5.10. The van der Waals surface area contributed by atoms with Crippen molar-refractivity contribution in [1.29, 1.82) is 0 Å². The molecule has 1 aromatic carbocycles. The molecule has 1 saturated heterocycles. The summed E-state index contributed by atoms with van der Waals surface area (Å²) in [4.78, 5) is 35.8. The molecule has 1 aliphatic heterocycles. The quantitative estimate of drug-likeness (QED) is 0.789. The van der Waals surface area contributed by atoms with E-state index < -0.39 is 51.5 Å². The maximum atomic E-state index is 15.3. The molecule has 1 aliphatic carbocycles. The number of benzene rings is 1. The van der Waals surface area contributed by atoms with Crippen LogP contribution >= 0.6 is 0 Å². The van der Waals surface area contributed by atoms with Crippen molar-refractivity contribution in [1.82, 2.24) is 4.57 Å². The average molecular weight is 379 g/mol. The van der Waals surface area contributed by atoms with Gasteiger partial charge < -0.3 is 19.7 Å². The second-order valence-electron chi connectivity index (χ2n) is 6.86. The minimum atomic E-state index is -1.54. The zero-order valence-corrected chi connectivity index (χ0v) is 14.0. The monoisotopic (exact) mass is 379 g/mol. The van der Waals surface area contributed by atoms with Crippen molar-refractivity contribution < 1.29 is 23.8 Å². The highest BCUT2D eigenvalue weighted by Gasteiger charge is 2.35. The van der Waals surface area contributed by atoms with Crippen LogP contribution in [0.5, 0.6) is 5.75 Å². The number of phenols is 1. The van der Waals surface area contributed by atoms with E-state index >= 15 is 4.39 Å². The summed E-state index contributed by atoms with van der Waals surface area (Å²) < 4.78 is 31.4. The normalized spacial score (nSPS) is 19.6. The fraction of sp³-hybridized carbons (Fsp3) is 0.412. The van der Waals surface area contributed by atoms with Crippen molar-refractivity contribution >= 4 is 22.6 Å². The lowest BCUT2D eigenvalue weighted by Gasteiger charge is -2.22. The summed E-state index contributed by atoms with van der Waals surface area (Å²) in [6.45, 7) is 0.152. The van der Waals surface area contributed by atoms with Gasteiger partial charge in [0.05, 0.1) is 10.9 Å². The van der Waals surface area contributed by atoms with E-state index in [1.165, 1.54) is 9.47 Å². The number of aromatic carboxylic acids is 1. The minimum Gasteiger partial charge on any atom is -0.504 e. The van der Waals surface area contributed by atoms with Gasteiger partial charge in [0.25, 0.3) is 0 Å². The first-order valence-electron chi connectivity index (χ1n) is 8.44. The fourth-order valence-corrected chi connectivity index (χ4v) is 3.61. The lowest BCUT2D eigenvalue weighted by Crippen LogP contribution is -2.25. The van der Waals surface area contributed by atoms with Gasteiger partial charge in [-0.3, -0.25) is 4.79 Å². The van der Waals surface area contributed by atoms with Gasteiger partial charge in [0.2, 0.25) is 5.43 Å². The van der Waals surface area contributed by atoms with E-state index in [1.807, 2.05) is 0 Å². The first-order valence-corrected chi connectivity index (χ1v) is 8.44. The lowest BCUT2D eigenvalue weighted by molar-refractivity contribution is 0.0695. The standard InChI is InChI=1S/C17H15F2N3O5/c18-11-13-10(15(23)9(17(25)26)6-22(13)8-1-2-8)16(24)12(19)14(11)21-4-3-7(5-21)20-27/h6-8,24H,1-5H2,(H,25,26). The third kappa shape index (κ3) is 2.54. The Labute approximate surface area is 150 Å². The zero-order chi connectivity index (χ0) is 19.5. The Hall–Kier alpha value is -3.04. The first-order chi connectivity index (χ1) is 12.8. The summed E-state index contributed by atoms with van der Waals surface area (Å²) in [5.74, 6) is -5.05. The number of nitrogens with zero attached hydrogens (tertiary/aromatic N) is 3. The molecule has 4 rings (SSSR count). The molecule has 0 radical (unpaired) electrons. The van der Waals surface area contributed by atoms with E-state index in [1.54, 1.807) is 0 Å². The van der Waals surface area contributed by atoms with Crippen molar-refractivity contribution in [3.8, 4) is 5.75 Å². The maximum Gasteiger partial charge on any atom is 0.341 e. The fourth-order valence-electron chi connectivity index (χ4n) is 3.61. The molecule has 2 aromatic rings. The number of carbonyl (C=O) groups is 1. The third-order valence-electron chi connectivity index (χ3n) is 5.10. The molecule has 8 nitrogen and oxygen atoms in total. The van der Waals surface area contributed by atoms with Gasteiger partial charge in [-0.1, -0.05) is 5.18 Å². The van der Waals surface area contributed by atoms with E-state index in [4.69, 9.17) is 0 Å². The predicted molar refractivity (Wildman–Crippen MR) is 91.4 cm³/mol. The summed E-state index contributed by atoms with van der Waals surface area (Å²) in [6.07, 6.45) is 2.64. The summed E-state index contributed by atoms with van der Waals surface area (Å²) in [5.41, 5.74) is -2.68. The lowest BCUT2D eigenvalue weighted by atomic mass is 10.1. The van der Waals surface area contributed by atoms with Crippen LogP contribution in [0.25, 0.3) is 10.9 Å². The smallest absolute Gasteiger partial charge is 0.341 e. The van der Waals surface area contributed by atoms with Crippen molar-refractivity contribution in [3.63, 3.8) is 0 Å². The molecule has 142 valence electrons. The topological polar surface area (TPSA) is 112 Å². The molecule has 2 fully saturated rings. The molecule has 1 saturated carbocycles. The Kier molecular flexibility index (Phi) is 3.86. The van der Waals surface area contributed by atoms with Crippen molar-refractivity contribution in [2.45, 2.75) is 31.3 Å². The number of pyridine rings is 1. The Morgan fingerprint density at radius 1 is 1.22 bits per heavy atom. The highest BCUT2D eigenvalue weighted by molar-refractivity contribution is 5.96. The molecule has 27 heavy (non-hydrogen) atoms. The van der Waals surface area contributed by atoms with Gasteiger partial charge >= 0.3 is 5.97 Å². The number of rotatable bonds is 4. The van der Waals surface area contributed by atoms with Crippen LogP contribution in [0.1, 0.15) is 35.7 Å². The molecule has 2 aliphatic rings. The number of aromatic hydroxyl groups is 1. The molecule has 2 heterocycles. The Balaban J connectivity index is 2.05. The zero-order valence-electron chi connectivity index (χ0n) is 14.0. The summed E-state index contributed by atoms with van der Waals surface area (Å²) in [7, 11) is 0. The van der Waals surface area contributed by atoms with Crippen LogP contribution in [-0.2, 0) is 0 Å². The molecule has 0 amide bonds. The van der Waals surface area contributed by atoms with E-state index in [0.29, 0.717) is 19.3 Å². The number of carboxylic acids is 1. The second-order valence-corrected chi connectivity index (χ2v) is 6.86. The van der Waals surface area contributed by atoms with E-state index in [0.717, 1.165) is 6.20 Å². The van der Waals surface area contributed by atoms with Crippen molar-refractivity contribution in [3.05, 3.63) is 38.5 Å². The molecular weight excluding hydrogens is 364 g/mol. The Morgan fingerprint density at radius 3 is 2.48 bits per heavy atom. The molecule has 1 atom stereocenters. The largest absolute Gasteiger partial charge is 0.504 e. The number of hydrogen-bond acceptors (Lipinski definition) is 6. The summed E-state index contributed by atoms with van der Waals surface area (Å²) in [6, 6.07) is -0.858. The van der Waals surface area contributed by atoms with Gasteiger partial charge in [-0.15, -0.1) is 0 Å². The number of aromatic nitrogens is 1. The molecule has 10 heteroatoms. The predicted octanol–water partition coefficient (Wildman–Crippen LogP) is 2.36. The maximum absolute atomic E-state index is 15.3. The van der Waals surface area contributed by atoms with Crippen LogP contribution in [0.4, 0.5) is 14.5 Å². The first kappa shape index (κ1) is 17.4. The highest BCUT2D eigenvalue weighted by Crippen LogP contribution is 2.43. The van der Waals surface area contributed by atoms with E-state index in [2.05, 4.69) is 5.18 Å². The van der Waals surface area contributed by atoms with Crippen LogP contribution in [0, 0.1) is 16.5 Å². The van der Waals surface area contributed by atoms with Gasteiger partial charge in [-0.05, 0) is 19.3 Å². The van der Waals surface area contributed by atoms with Crippen molar-refractivity contribution in [2.75, 3.05) is 18.0 Å². The molecule has 2 N–H and O–H groups in total. The molecule has 1 unspecified atom stereocenters. The summed E-state index contributed by atoms with van der Waals surface area (Å²) in [5, 5.41) is 21.7. The van der Waals surface area contributed by atoms with Gasteiger partial charge in [-0.2, -0.15) is 4.91 Å². The molecule has 1 aromatic heterocycles. The van der Waals surface area contributed by atoms with Crippen LogP contribution < -0.4 is 10.3 Å². The van der Waals surface area contributed by atoms with Crippen LogP contribution in [0.15, 0.2) is 16.2 Å². The van der Waals surface area contributed by atoms with Crippen LogP contribution in [0.2, 0.25) is 0 Å². The van der Waals surface area contributed by atoms with Gasteiger partial charge in [-0.25, -0.2) is 13.6 Å². The minimum absolute atomic E-state index is 0.0108. The number of carboxylic acid groups (broad SMARTS) is 1. The van der Waals surface area contributed by atoms with E-state index in [-0.39, 0.29) is 24.6 Å². The highest BCUT2D eigenvalue weighted by atomic mass is 19.1. The van der Waals surface area contributed by atoms with Crippen LogP contribution in [0.3, 0.4) is 0 Å². The Morgan fingerprint density at radius 2 is 1.93 bits per heavy atom. The van der Waals surface area contributed by atoms with Crippen molar-refractivity contribution in [2.24, 2.45) is 5.18 Å². The Bertz CT molecular complexity index is 1050. The number of phenolic OH excluding ortho intramolecular Hbond substituents is 1. The van der Waals surface area contributed by atoms with E-state index in [9.17, 15) is 29.1 Å². The number of fused-ring (bicyclic) bond motifs is 1.